The number of nitrogens with two attached hydrogens (primary N) is 1. The number of halogens is 1. The number of hydrogen-bond acceptors (Lipinski definition) is 3. The molecule has 1 fully saturated rings. The van der Waals surface area contributed by atoms with Gasteiger partial charge in [-0.2, -0.15) is 0 Å². The van der Waals surface area contributed by atoms with Crippen molar-refractivity contribution in [2.45, 2.75) is 32.2 Å². The number of methoxy groups -OCH3 is 2. The highest BCUT2D eigenvalue weighted by atomic mass is 127. The fourth-order valence-electron chi connectivity index (χ4n) is 1.83. The van der Waals surface area contributed by atoms with Gasteiger partial charge in [-0.1, -0.05) is 0 Å². The van der Waals surface area contributed by atoms with E-state index in [4.69, 9.17) is 15.2 Å². The molecule has 1 saturated carbocycles. The summed E-state index contributed by atoms with van der Waals surface area (Å²) in [6.07, 6.45) is 3.55. The van der Waals surface area contributed by atoms with E-state index in [1.54, 1.807) is 14.2 Å². The second kappa shape index (κ2) is 8.92. The maximum atomic E-state index is 5.82. The monoisotopic (exact) mass is 371 g/mol. The lowest BCUT2D eigenvalue weighted by atomic mass is 10.0. The first-order valence-corrected chi connectivity index (χ1v) is 6.16. The van der Waals surface area contributed by atoms with E-state index in [-0.39, 0.29) is 30.0 Å². The van der Waals surface area contributed by atoms with E-state index in [1.165, 1.54) is 12.8 Å². The third-order valence-corrected chi connectivity index (χ3v) is 3.19. The normalized spacial score (nSPS) is 18.9. The summed E-state index contributed by atoms with van der Waals surface area (Å²) in [6, 6.07) is 0.192. The SMILES string of the molecule is COCCC1(CN=C(N)NC(C)COC)CC1.I. The van der Waals surface area contributed by atoms with Crippen LogP contribution in [0.5, 0.6) is 0 Å². The first kappa shape index (κ1) is 17.9. The van der Waals surface area contributed by atoms with Crippen molar-refractivity contribution >= 4 is 29.9 Å². The minimum absolute atomic E-state index is 0. The number of nitrogens with one attached hydrogen (secondary N) is 1. The summed E-state index contributed by atoms with van der Waals surface area (Å²) in [4.78, 5) is 4.41. The van der Waals surface area contributed by atoms with Gasteiger partial charge in [0, 0.05) is 33.4 Å². The molecular formula is C12H26IN3O2. The van der Waals surface area contributed by atoms with Crippen molar-refractivity contribution in [3.05, 3.63) is 0 Å². The third-order valence-electron chi connectivity index (χ3n) is 3.19. The maximum Gasteiger partial charge on any atom is 0.188 e. The van der Waals surface area contributed by atoms with E-state index in [9.17, 15) is 0 Å². The van der Waals surface area contributed by atoms with Crippen LogP contribution < -0.4 is 11.1 Å². The van der Waals surface area contributed by atoms with Crippen molar-refractivity contribution in [3.8, 4) is 0 Å². The van der Waals surface area contributed by atoms with E-state index in [0.29, 0.717) is 18.0 Å². The molecule has 1 atom stereocenters. The van der Waals surface area contributed by atoms with Crippen LogP contribution in [0.2, 0.25) is 0 Å². The predicted octanol–water partition coefficient (Wildman–Crippen LogP) is 1.36. The van der Waals surface area contributed by atoms with Gasteiger partial charge in [-0.3, -0.25) is 4.99 Å². The fourth-order valence-corrected chi connectivity index (χ4v) is 1.83. The van der Waals surface area contributed by atoms with Crippen molar-refractivity contribution < 1.29 is 9.47 Å². The molecule has 108 valence electrons. The molecule has 0 radical (unpaired) electrons. The van der Waals surface area contributed by atoms with E-state index in [2.05, 4.69) is 10.3 Å². The topological polar surface area (TPSA) is 68.9 Å². The standard InChI is InChI=1S/C12H25N3O2.HI/c1-10(8-17-3)15-11(13)14-9-12(4-5-12)6-7-16-2;/h10H,4-9H2,1-3H3,(H3,13,14,15);1H. The number of ether oxygens (including phenoxy) is 2. The molecule has 6 heteroatoms. The quantitative estimate of drug-likeness (QED) is 0.384. The summed E-state index contributed by atoms with van der Waals surface area (Å²) >= 11 is 0. The Labute approximate surface area is 127 Å². The van der Waals surface area contributed by atoms with Crippen molar-refractivity contribution in [2.75, 3.05) is 34.0 Å². The van der Waals surface area contributed by atoms with Crippen LogP contribution in [0.25, 0.3) is 0 Å². The van der Waals surface area contributed by atoms with Crippen molar-refractivity contribution in [1.82, 2.24) is 5.32 Å². The Morgan fingerprint density at radius 1 is 1.39 bits per heavy atom. The molecule has 0 aliphatic heterocycles. The van der Waals surface area contributed by atoms with Gasteiger partial charge in [-0.25, -0.2) is 0 Å². The highest BCUT2D eigenvalue weighted by Crippen LogP contribution is 2.48. The number of rotatable bonds is 8. The van der Waals surface area contributed by atoms with Crippen LogP contribution in [0.15, 0.2) is 4.99 Å². The molecule has 0 bridgehead atoms. The summed E-state index contributed by atoms with van der Waals surface area (Å²) in [6.45, 7) is 4.26. The van der Waals surface area contributed by atoms with Crippen LogP contribution in [-0.2, 0) is 9.47 Å². The largest absolute Gasteiger partial charge is 0.385 e. The molecule has 1 rings (SSSR count). The van der Waals surface area contributed by atoms with Gasteiger partial charge in [-0.15, -0.1) is 24.0 Å². The maximum absolute atomic E-state index is 5.82. The lowest BCUT2D eigenvalue weighted by Crippen LogP contribution is -2.41. The van der Waals surface area contributed by atoms with Crippen molar-refractivity contribution in [1.29, 1.82) is 0 Å². The van der Waals surface area contributed by atoms with Crippen molar-refractivity contribution in [2.24, 2.45) is 16.1 Å². The highest BCUT2D eigenvalue weighted by molar-refractivity contribution is 14.0. The van der Waals surface area contributed by atoms with E-state index in [0.717, 1.165) is 19.6 Å². The number of guanidine groups is 1. The summed E-state index contributed by atoms with van der Waals surface area (Å²) < 4.78 is 10.1. The van der Waals surface area contributed by atoms with Gasteiger partial charge < -0.3 is 20.5 Å². The molecule has 3 N–H and O–H groups in total. The van der Waals surface area contributed by atoms with Gasteiger partial charge in [0.1, 0.15) is 0 Å². The second-order valence-corrected chi connectivity index (χ2v) is 4.94. The Bertz CT molecular complexity index is 258. The van der Waals surface area contributed by atoms with Crippen LogP contribution >= 0.6 is 24.0 Å². The smallest absolute Gasteiger partial charge is 0.188 e. The lowest BCUT2D eigenvalue weighted by molar-refractivity contribution is 0.173. The zero-order valence-corrected chi connectivity index (χ0v) is 13.9. The molecule has 0 aromatic carbocycles. The summed E-state index contributed by atoms with van der Waals surface area (Å²) in [5.41, 5.74) is 6.17. The Morgan fingerprint density at radius 2 is 2.06 bits per heavy atom. The number of hydrogen-bond donors (Lipinski definition) is 2. The van der Waals surface area contributed by atoms with E-state index >= 15 is 0 Å². The van der Waals surface area contributed by atoms with Gasteiger partial charge in [0.25, 0.3) is 0 Å². The molecule has 18 heavy (non-hydrogen) atoms. The molecule has 0 amide bonds. The Balaban J connectivity index is 0.00000289. The minimum atomic E-state index is 0. The molecule has 5 nitrogen and oxygen atoms in total. The van der Waals surface area contributed by atoms with Crippen LogP contribution in [0, 0.1) is 5.41 Å². The van der Waals surface area contributed by atoms with Crippen LogP contribution in [0.4, 0.5) is 0 Å². The Kier molecular flexibility index (Phi) is 8.89. The third kappa shape index (κ3) is 6.75. The molecule has 0 heterocycles. The molecule has 0 aromatic rings. The van der Waals surface area contributed by atoms with E-state index in [1.807, 2.05) is 6.92 Å². The molecule has 0 saturated heterocycles. The Hall–Kier alpha value is -0.0800. The zero-order chi connectivity index (χ0) is 12.7. The van der Waals surface area contributed by atoms with Gasteiger partial charge >= 0.3 is 0 Å². The molecular weight excluding hydrogens is 345 g/mol. The molecule has 1 aliphatic rings. The minimum Gasteiger partial charge on any atom is -0.385 e. The molecule has 1 unspecified atom stereocenters. The first-order valence-electron chi connectivity index (χ1n) is 6.16. The van der Waals surface area contributed by atoms with E-state index < -0.39 is 0 Å². The average Bonchev–Trinajstić information content (AvgIpc) is 3.05. The van der Waals surface area contributed by atoms with Crippen molar-refractivity contribution in [3.63, 3.8) is 0 Å². The fraction of sp³-hybridized carbons (Fsp3) is 0.917. The summed E-state index contributed by atoms with van der Waals surface area (Å²) in [5, 5.41) is 3.11. The lowest BCUT2D eigenvalue weighted by Gasteiger charge is -2.15. The van der Waals surface area contributed by atoms with Gasteiger partial charge in [0.2, 0.25) is 0 Å². The molecule has 0 spiro atoms. The zero-order valence-electron chi connectivity index (χ0n) is 11.6. The summed E-state index contributed by atoms with van der Waals surface area (Å²) in [5.74, 6) is 0.512. The number of nitrogens with zero attached hydrogens (tertiary/aromatic N) is 1. The van der Waals surface area contributed by atoms with Crippen LogP contribution in [0.3, 0.4) is 0 Å². The second-order valence-electron chi connectivity index (χ2n) is 4.94. The van der Waals surface area contributed by atoms with Crippen LogP contribution in [-0.4, -0.2) is 46.0 Å². The summed E-state index contributed by atoms with van der Waals surface area (Å²) in [7, 11) is 3.41. The average molecular weight is 371 g/mol. The Morgan fingerprint density at radius 3 is 2.56 bits per heavy atom. The first-order chi connectivity index (χ1) is 8.12. The van der Waals surface area contributed by atoms with Gasteiger partial charge in [-0.05, 0) is 31.6 Å². The predicted molar refractivity (Wildman–Crippen MR) is 84.5 cm³/mol. The number of aliphatic imine (C=N–C) groups is 1. The van der Waals surface area contributed by atoms with Gasteiger partial charge in [0.15, 0.2) is 5.96 Å². The van der Waals surface area contributed by atoms with Gasteiger partial charge in [0.05, 0.1) is 6.61 Å². The molecule has 1 aliphatic carbocycles. The molecule has 0 aromatic heterocycles. The highest BCUT2D eigenvalue weighted by Gasteiger charge is 2.41. The van der Waals surface area contributed by atoms with Crippen LogP contribution in [0.1, 0.15) is 26.2 Å².